The monoisotopic (exact) mass is 306 g/mol. The number of pyridine rings is 1. The number of hydrogen-bond acceptors (Lipinski definition) is 4. The molecule has 112 valence electrons. The van der Waals surface area contributed by atoms with Gasteiger partial charge in [-0.2, -0.15) is 4.31 Å². The minimum Gasteiger partial charge on any atom is -0.345 e. The number of H-pyrrole nitrogens is 1. The average molecular weight is 306 g/mol. The summed E-state index contributed by atoms with van der Waals surface area (Å²) in [6, 6.07) is 4.05. The van der Waals surface area contributed by atoms with Crippen LogP contribution in [0.1, 0.15) is 12.8 Å². The van der Waals surface area contributed by atoms with Gasteiger partial charge in [-0.1, -0.05) is 0 Å². The van der Waals surface area contributed by atoms with Crippen LogP contribution in [0, 0.1) is 5.92 Å². The summed E-state index contributed by atoms with van der Waals surface area (Å²) in [6.07, 6.45) is 5.17. The lowest BCUT2D eigenvalue weighted by Gasteiger charge is -2.33. The van der Waals surface area contributed by atoms with Gasteiger partial charge in [-0.25, -0.2) is 13.4 Å². The van der Waals surface area contributed by atoms with Crippen molar-refractivity contribution in [3.8, 4) is 0 Å². The van der Waals surface area contributed by atoms with Crippen molar-refractivity contribution >= 4 is 21.1 Å². The van der Waals surface area contributed by atoms with E-state index in [0.29, 0.717) is 41.0 Å². The van der Waals surface area contributed by atoms with E-state index in [1.807, 2.05) is 0 Å². The maximum Gasteiger partial charge on any atom is 0.245 e. The highest BCUT2D eigenvalue weighted by atomic mass is 32.2. The fourth-order valence-electron chi connectivity index (χ4n) is 3.52. The van der Waals surface area contributed by atoms with E-state index in [-0.39, 0.29) is 0 Å². The molecule has 0 aliphatic carbocycles. The van der Waals surface area contributed by atoms with Gasteiger partial charge in [0.1, 0.15) is 10.5 Å². The van der Waals surface area contributed by atoms with Gasteiger partial charge < -0.3 is 10.3 Å². The summed E-state index contributed by atoms with van der Waals surface area (Å²) in [5, 5.41) is 4.13. The number of aromatic amines is 1. The van der Waals surface area contributed by atoms with E-state index in [9.17, 15) is 8.42 Å². The Morgan fingerprint density at radius 3 is 3.14 bits per heavy atom. The predicted molar refractivity (Wildman–Crippen MR) is 79.4 cm³/mol. The normalized spacial score (nSPS) is 27.0. The van der Waals surface area contributed by atoms with Crippen LogP contribution < -0.4 is 5.32 Å². The standard InChI is InChI=1S/C14H18N4O2S/c19-21(20,13-8-17-14-11(13)2-1-5-16-14)18-7-4-12-10(9-18)3-6-15-12/h1-2,5,8,10,12,15H,3-4,6-7,9H2,(H,16,17). The van der Waals surface area contributed by atoms with Crippen molar-refractivity contribution < 1.29 is 8.42 Å². The van der Waals surface area contributed by atoms with Gasteiger partial charge in [-0.3, -0.25) is 0 Å². The highest BCUT2D eigenvalue weighted by Gasteiger charge is 2.38. The second-order valence-electron chi connectivity index (χ2n) is 5.81. The number of fused-ring (bicyclic) bond motifs is 2. The number of nitrogens with zero attached hydrogens (tertiary/aromatic N) is 2. The number of piperidine rings is 1. The highest BCUT2D eigenvalue weighted by Crippen LogP contribution is 2.30. The van der Waals surface area contributed by atoms with Crippen molar-refractivity contribution in [1.82, 2.24) is 19.6 Å². The third-order valence-electron chi connectivity index (χ3n) is 4.65. The Morgan fingerprint density at radius 2 is 2.24 bits per heavy atom. The smallest absolute Gasteiger partial charge is 0.245 e. The van der Waals surface area contributed by atoms with Gasteiger partial charge in [0, 0.05) is 36.9 Å². The largest absolute Gasteiger partial charge is 0.345 e. The average Bonchev–Trinajstić information content (AvgIpc) is 3.13. The molecular weight excluding hydrogens is 288 g/mol. The molecule has 2 aromatic heterocycles. The lowest BCUT2D eigenvalue weighted by molar-refractivity contribution is 0.247. The summed E-state index contributed by atoms with van der Waals surface area (Å²) in [7, 11) is -3.45. The molecule has 7 heteroatoms. The first-order chi connectivity index (χ1) is 10.2. The molecule has 0 saturated carbocycles. The first-order valence-corrected chi connectivity index (χ1v) is 8.76. The third kappa shape index (κ3) is 2.07. The van der Waals surface area contributed by atoms with Crippen LogP contribution in [-0.2, 0) is 10.0 Å². The van der Waals surface area contributed by atoms with Crippen molar-refractivity contribution in [3.05, 3.63) is 24.5 Å². The molecule has 4 rings (SSSR count). The van der Waals surface area contributed by atoms with Crippen LogP contribution in [0.3, 0.4) is 0 Å². The molecule has 2 aliphatic rings. The van der Waals surface area contributed by atoms with Gasteiger partial charge in [0.2, 0.25) is 10.0 Å². The van der Waals surface area contributed by atoms with Gasteiger partial charge in [-0.15, -0.1) is 0 Å². The van der Waals surface area contributed by atoms with E-state index in [0.717, 1.165) is 19.4 Å². The lowest BCUT2D eigenvalue weighted by Crippen LogP contribution is -2.46. The zero-order valence-corrected chi connectivity index (χ0v) is 12.4. The van der Waals surface area contributed by atoms with Gasteiger partial charge in [0.05, 0.1) is 0 Å². The van der Waals surface area contributed by atoms with Crippen molar-refractivity contribution in [2.45, 2.75) is 23.8 Å². The maximum absolute atomic E-state index is 12.9. The zero-order valence-electron chi connectivity index (χ0n) is 11.6. The number of hydrogen-bond donors (Lipinski definition) is 2. The summed E-state index contributed by atoms with van der Waals surface area (Å²) >= 11 is 0. The molecule has 2 atom stereocenters. The van der Waals surface area contributed by atoms with Crippen LogP contribution in [-0.4, -0.2) is 48.4 Å². The quantitative estimate of drug-likeness (QED) is 0.865. The zero-order chi connectivity index (χ0) is 14.4. The van der Waals surface area contributed by atoms with Crippen LogP contribution in [0.25, 0.3) is 11.0 Å². The van der Waals surface area contributed by atoms with Crippen molar-refractivity contribution in [1.29, 1.82) is 0 Å². The van der Waals surface area contributed by atoms with Gasteiger partial charge in [-0.05, 0) is 37.4 Å². The molecule has 0 radical (unpaired) electrons. The lowest BCUT2D eigenvalue weighted by atomic mass is 9.95. The molecule has 0 spiro atoms. The predicted octanol–water partition coefficient (Wildman–Crippen LogP) is 0.935. The van der Waals surface area contributed by atoms with Crippen LogP contribution in [0.15, 0.2) is 29.4 Å². The second kappa shape index (κ2) is 4.79. The Kier molecular flexibility index (Phi) is 3.02. The Morgan fingerprint density at radius 1 is 1.33 bits per heavy atom. The highest BCUT2D eigenvalue weighted by molar-refractivity contribution is 7.89. The van der Waals surface area contributed by atoms with Crippen LogP contribution in [0.4, 0.5) is 0 Å². The van der Waals surface area contributed by atoms with E-state index in [4.69, 9.17) is 0 Å². The van der Waals surface area contributed by atoms with Crippen molar-refractivity contribution in [2.75, 3.05) is 19.6 Å². The Balaban J connectivity index is 1.70. The van der Waals surface area contributed by atoms with Crippen molar-refractivity contribution in [3.63, 3.8) is 0 Å². The van der Waals surface area contributed by atoms with E-state index in [1.54, 1.807) is 28.8 Å². The van der Waals surface area contributed by atoms with Gasteiger partial charge in [0.15, 0.2) is 0 Å². The summed E-state index contributed by atoms with van der Waals surface area (Å²) < 4.78 is 27.5. The van der Waals surface area contributed by atoms with Crippen molar-refractivity contribution in [2.24, 2.45) is 5.92 Å². The molecule has 21 heavy (non-hydrogen) atoms. The first-order valence-electron chi connectivity index (χ1n) is 7.32. The summed E-state index contributed by atoms with van der Waals surface area (Å²) in [4.78, 5) is 7.46. The molecule has 2 N–H and O–H groups in total. The number of sulfonamides is 1. The number of nitrogens with one attached hydrogen (secondary N) is 2. The molecule has 0 bridgehead atoms. The molecule has 6 nitrogen and oxygen atoms in total. The summed E-state index contributed by atoms with van der Waals surface area (Å²) in [6.45, 7) is 2.20. The molecule has 2 unspecified atom stereocenters. The Bertz CT molecular complexity index is 770. The molecule has 4 heterocycles. The third-order valence-corrected chi connectivity index (χ3v) is 6.55. The fraction of sp³-hybridized carbons (Fsp3) is 0.500. The van der Waals surface area contributed by atoms with E-state index >= 15 is 0 Å². The molecule has 0 amide bonds. The minimum absolute atomic E-state index is 0.343. The molecule has 2 aromatic rings. The van der Waals surface area contributed by atoms with Gasteiger partial charge >= 0.3 is 0 Å². The number of aromatic nitrogens is 2. The summed E-state index contributed by atoms with van der Waals surface area (Å²) in [5.41, 5.74) is 0.619. The van der Waals surface area contributed by atoms with Crippen LogP contribution in [0.2, 0.25) is 0 Å². The minimum atomic E-state index is -3.45. The van der Waals surface area contributed by atoms with E-state index < -0.39 is 10.0 Å². The SMILES string of the molecule is O=S(=O)(c1c[nH]c2ncccc12)N1CCC2NCCC2C1. The molecule has 0 aromatic carbocycles. The van der Waals surface area contributed by atoms with E-state index in [1.165, 1.54) is 0 Å². The molecule has 2 aliphatic heterocycles. The molecule has 2 saturated heterocycles. The molecular formula is C14H18N4O2S. The summed E-state index contributed by atoms with van der Waals surface area (Å²) in [5.74, 6) is 0.442. The fourth-order valence-corrected chi connectivity index (χ4v) is 5.18. The van der Waals surface area contributed by atoms with Crippen LogP contribution in [0.5, 0.6) is 0 Å². The topological polar surface area (TPSA) is 78.1 Å². The van der Waals surface area contributed by atoms with E-state index in [2.05, 4.69) is 15.3 Å². The maximum atomic E-state index is 12.9. The van der Waals surface area contributed by atoms with Gasteiger partial charge in [0.25, 0.3) is 0 Å². The second-order valence-corrected chi connectivity index (χ2v) is 7.72. The number of rotatable bonds is 2. The Hall–Kier alpha value is -1.44. The molecule has 2 fully saturated rings. The first kappa shape index (κ1) is 13.2. The van der Waals surface area contributed by atoms with Crippen LogP contribution >= 0.6 is 0 Å². The Labute approximate surface area is 123 Å².